The molecule has 10 heteroatoms. The Labute approximate surface area is 197 Å². The van der Waals surface area contributed by atoms with Crippen LogP contribution in [0.15, 0.2) is 42.5 Å². The molecule has 3 nitrogen and oxygen atoms in total. The summed E-state index contributed by atoms with van der Waals surface area (Å²) in [6.45, 7) is 0.936. The molecule has 0 radical (unpaired) electrons. The van der Waals surface area contributed by atoms with Gasteiger partial charge in [0.1, 0.15) is 0 Å². The quantitative estimate of drug-likeness (QED) is 0.342. The lowest BCUT2D eigenvalue weighted by Crippen LogP contribution is -2.30. The van der Waals surface area contributed by atoms with Crippen molar-refractivity contribution in [2.75, 3.05) is 11.9 Å². The van der Waals surface area contributed by atoms with E-state index in [0.717, 1.165) is 6.92 Å². The molecule has 0 amide bonds. The molecule has 4 atom stereocenters. The van der Waals surface area contributed by atoms with Gasteiger partial charge in [0.2, 0.25) is 0 Å². The average Bonchev–Trinajstić information content (AvgIpc) is 3.35. The highest BCUT2D eigenvalue weighted by Gasteiger charge is 2.60. The average molecular weight is 510 g/mol. The van der Waals surface area contributed by atoms with Crippen LogP contribution in [0.25, 0.3) is 0 Å². The Balaban J connectivity index is 1.86. The Hall–Kier alpha value is -2.06. The summed E-state index contributed by atoms with van der Waals surface area (Å²) in [6.07, 6.45) is -5.35. The molecule has 33 heavy (non-hydrogen) atoms. The van der Waals surface area contributed by atoms with Crippen LogP contribution in [-0.2, 0) is 4.79 Å². The van der Waals surface area contributed by atoms with Crippen LogP contribution in [0, 0.1) is 11.8 Å². The van der Waals surface area contributed by atoms with Crippen LogP contribution < -0.4 is 5.32 Å². The number of aliphatic carboxylic acids is 1. The fourth-order valence-electron chi connectivity index (χ4n) is 4.00. The highest BCUT2D eigenvalue weighted by Crippen LogP contribution is 2.57. The van der Waals surface area contributed by atoms with Crippen LogP contribution in [0.5, 0.6) is 0 Å². The Kier molecular flexibility index (Phi) is 7.49. The van der Waals surface area contributed by atoms with E-state index in [-0.39, 0.29) is 17.3 Å². The highest BCUT2D eigenvalue weighted by molar-refractivity contribution is 6.33. The monoisotopic (exact) mass is 509 g/mol. The van der Waals surface area contributed by atoms with Gasteiger partial charge in [-0.1, -0.05) is 48.3 Å². The van der Waals surface area contributed by atoms with E-state index >= 15 is 0 Å². The minimum atomic E-state index is -4.46. The lowest BCUT2D eigenvalue weighted by molar-refractivity contribution is -0.174. The van der Waals surface area contributed by atoms with Gasteiger partial charge in [-0.2, -0.15) is 13.2 Å². The first kappa shape index (κ1) is 25.6. The second-order valence-electron chi connectivity index (χ2n) is 8.38. The van der Waals surface area contributed by atoms with Gasteiger partial charge in [0, 0.05) is 35.7 Å². The van der Waals surface area contributed by atoms with E-state index in [1.54, 1.807) is 0 Å². The number of hydrogen-bond acceptors (Lipinski definition) is 2. The van der Waals surface area contributed by atoms with Gasteiger partial charge in [-0.3, -0.25) is 4.79 Å². The summed E-state index contributed by atoms with van der Waals surface area (Å²) < 4.78 is 67.9. The van der Waals surface area contributed by atoms with Gasteiger partial charge in [0.05, 0.1) is 23.0 Å². The largest absolute Gasteiger partial charge is 0.481 e. The number of hydrogen-bond donors (Lipinski definition) is 2. The van der Waals surface area contributed by atoms with Crippen LogP contribution in [0.3, 0.4) is 0 Å². The van der Waals surface area contributed by atoms with Crippen molar-refractivity contribution >= 4 is 34.9 Å². The molecule has 1 aliphatic carbocycles. The zero-order valence-electron chi connectivity index (χ0n) is 17.5. The van der Waals surface area contributed by atoms with E-state index in [0.29, 0.717) is 16.1 Å². The van der Waals surface area contributed by atoms with Crippen molar-refractivity contribution in [2.45, 2.75) is 43.7 Å². The predicted octanol–water partition coefficient (Wildman–Crippen LogP) is 7.60. The summed E-state index contributed by atoms with van der Waals surface area (Å²) in [7, 11) is 0. The van der Waals surface area contributed by atoms with E-state index < -0.39 is 54.6 Å². The number of carboxylic acids is 1. The molecule has 180 valence electrons. The van der Waals surface area contributed by atoms with Gasteiger partial charge in [-0.05, 0) is 35.4 Å². The molecule has 0 bridgehead atoms. The van der Waals surface area contributed by atoms with Crippen molar-refractivity contribution in [3.63, 3.8) is 0 Å². The van der Waals surface area contributed by atoms with Crippen LogP contribution >= 0.6 is 23.2 Å². The van der Waals surface area contributed by atoms with Gasteiger partial charge in [0.15, 0.2) is 0 Å². The van der Waals surface area contributed by atoms with Crippen molar-refractivity contribution in [2.24, 2.45) is 11.8 Å². The summed E-state index contributed by atoms with van der Waals surface area (Å²) in [5, 5.41) is 12.7. The number of carbonyl (C=O) groups is 1. The first-order valence-corrected chi connectivity index (χ1v) is 11.0. The second-order valence-corrected chi connectivity index (χ2v) is 9.23. The van der Waals surface area contributed by atoms with E-state index in [9.17, 15) is 31.9 Å². The topological polar surface area (TPSA) is 49.3 Å². The first-order chi connectivity index (χ1) is 15.3. The van der Waals surface area contributed by atoms with Crippen LogP contribution in [0.1, 0.15) is 42.7 Å². The lowest BCUT2D eigenvalue weighted by Gasteiger charge is -2.27. The van der Waals surface area contributed by atoms with Gasteiger partial charge < -0.3 is 10.4 Å². The minimum Gasteiger partial charge on any atom is -0.481 e. The number of alkyl halides is 5. The molecule has 0 aromatic heterocycles. The summed E-state index contributed by atoms with van der Waals surface area (Å²) in [5.41, 5.74) is 1.02. The van der Waals surface area contributed by atoms with Gasteiger partial charge in [-0.15, -0.1) is 0 Å². The van der Waals surface area contributed by atoms with E-state index in [1.807, 2.05) is 0 Å². The second kappa shape index (κ2) is 9.66. The third-order valence-corrected chi connectivity index (χ3v) is 6.69. The molecule has 0 aliphatic heterocycles. The smallest absolute Gasteiger partial charge is 0.392 e. The minimum absolute atomic E-state index is 0.144. The zero-order chi connectivity index (χ0) is 24.6. The fraction of sp³-hybridized carbons (Fsp3) is 0.435. The Morgan fingerprint density at radius 2 is 1.73 bits per heavy atom. The van der Waals surface area contributed by atoms with Crippen LogP contribution in [-0.4, -0.2) is 29.7 Å². The Morgan fingerprint density at radius 1 is 1.15 bits per heavy atom. The van der Waals surface area contributed by atoms with E-state index in [1.165, 1.54) is 42.5 Å². The number of nitrogens with one attached hydrogen (secondary N) is 1. The van der Waals surface area contributed by atoms with E-state index in [4.69, 9.17) is 23.2 Å². The molecule has 1 fully saturated rings. The zero-order valence-corrected chi connectivity index (χ0v) is 19.0. The Morgan fingerprint density at radius 3 is 2.24 bits per heavy atom. The Bertz CT molecular complexity index is 997. The molecule has 2 N–H and O–H groups in total. The van der Waals surface area contributed by atoms with Crippen LogP contribution in [0.2, 0.25) is 10.0 Å². The molecule has 1 aliphatic rings. The van der Waals surface area contributed by atoms with Crippen molar-refractivity contribution in [3.05, 3.63) is 63.6 Å². The maximum absolute atomic E-state index is 13.7. The molecule has 3 rings (SSSR count). The summed E-state index contributed by atoms with van der Waals surface area (Å²) in [5.74, 6) is -8.86. The number of halogens is 7. The molecule has 1 saturated carbocycles. The summed E-state index contributed by atoms with van der Waals surface area (Å²) in [4.78, 5) is 11.2. The number of carboxylic acid groups (broad SMARTS) is 1. The summed E-state index contributed by atoms with van der Waals surface area (Å²) >= 11 is 12.1. The first-order valence-electron chi connectivity index (χ1n) is 10.2. The third kappa shape index (κ3) is 6.29. The highest BCUT2D eigenvalue weighted by atomic mass is 35.5. The third-order valence-electron chi connectivity index (χ3n) is 6.10. The molecule has 2 aromatic carbocycles. The molecule has 0 saturated heterocycles. The summed E-state index contributed by atoms with van der Waals surface area (Å²) in [6, 6.07) is 10.4. The number of anilines is 1. The molecule has 3 unspecified atom stereocenters. The van der Waals surface area contributed by atoms with Gasteiger partial charge >= 0.3 is 12.1 Å². The maximum Gasteiger partial charge on any atom is 0.392 e. The molecular weight excluding hydrogens is 488 g/mol. The van der Waals surface area contributed by atoms with Crippen molar-refractivity contribution in [1.82, 2.24) is 0 Å². The van der Waals surface area contributed by atoms with Crippen molar-refractivity contribution < 1.29 is 31.9 Å². The lowest BCUT2D eigenvalue weighted by atomic mass is 9.86. The molecule has 0 heterocycles. The number of rotatable bonds is 9. The SMILES string of the molecule is C[C@H](C(CNc1cc(C(CC(=O)O)C2CC2(F)F)ccc1Cl)c1ccc(Cl)cc1)C(F)(F)F. The van der Waals surface area contributed by atoms with Gasteiger partial charge in [0.25, 0.3) is 5.92 Å². The normalized spacial score (nSPS) is 20.1. The predicted molar refractivity (Wildman–Crippen MR) is 117 cm³/mol. The molecule has 2 aromatic rings. The van der Waals surface area contributed by atoms with E-state index in [2.05, 4.69) is 5.32 Å². The fourth-order valence-corrected chi connectivity index (χ4v) is 4.31. The standard InChI is InChI=1S/C23H22Cl2F5NO2/c1-12(23(28,29)30)17(13-2-5-15(24)6-3-13)11-31-20-8-14(4-7-19(20)25)16(9-21(32)33)18-10-22(18,26)27/h2-8,12,16-18,31H,9-11H2,1H3,(H,32,33)/t12-,16?,17?,18?/m1/s1. The van der Waals surface area contributed by atoms with Crippen molar-refractivity contribution in [3.8, 4) is 0 Å². The van der Waals surface area contributed by atoms with Crippen LogP contribution in [0.4, 0.5) is 27.6 Å². The number of benzene rings is 2. The van der Waals surface area contributed by atoms with Gasteiger partial charge in [-0.25, -0.2) is 8.78 Å². The molecular formula is C23H22Cl2F5NO2. The molecule has 0 spiro atoms. The maximum atomic E-state index is 13.7. The van der Waals surface area contributed by atoms with Crippen molar-refractivity contribution in [1.29, 1.82) is 0 Å².